The molecular weight excluding hydrogens is 252 g/mol. The summed E-state index contributed by atoms with van der Waals surface area (Å²) in [4.78, 5) is 12.3. The van der Waals surface area contributed by atoms with E-state index >= 15 is 0 Å². The zero-order valence-electron chi connectivity index (χ0n) is 12.0. The Morgan fingerprint density at radius 2 is 2.10 bits per heavy atom. The number of carbonyl (C=O) groups is 1. The topological polar surface area (TPSA) is 69.8 Å². The molecule has 5 nitrogen and oxygen atoms in total. The smallest absolute Gasteiger partial charge is 0.258 e. The van der Waals surface area contributed by atoms with E-state index in [1.807, 2.05) is 31.2 Å². The van der Waals surface area contributed by atoms with Crippen LogP contribution in [0.2, 0.25) is 0 Å². The van der Waals surface area contributed by atoms with Crippen molar-refractivity contribution in [3.8, 4) is 0 Å². The molecule has 1 aromatic heterocycles. The van der Waals surface area contributed by atoms with Crippen molar-refractivity contribution in [1.29, 1.82) is 0 Å². The van der Waals surface area contributed by atoms with Gasteiger partial charge >= 0.3 is 0 Å². The first-order valence-electron chi connectivity index (χ1n) is 6.81. The summed E-state index contributed by atoms with van der Waals surface area (Å²) in [6.45, 7) is 6.90. The number of nitrogens with zero attached hydrogens (tertiary/aromatic N) is 1. The van der Waals surface area contributed by atoms with E-state index in [1.54, 1.807) is 6.07 Å². The van der Waals surface area contributed by atoms with Crippen LogP contribution in [0.15, 0.2) is 30.3 Å². The van der Waals surface area contributed by atoms with Crippen molar-refractivity contribution < 1.29 is 4.79 Å². The van der Waals surface area contributed by atoms with Crippen LogP contribution in [0.5, 0.6) is 0 Å². The molecule has 0 bridgehead atoms. The number of hydrogen-bond acceptors (Lipinski definition) is 3. The SMILES string of the molecule is CCNc1ccccc1C(=O)Nc1cc(C(C)C)[nH]n1. The lowest BCUT2D eigenvalue weighted by Crippen LogP contribution is -2.15. The molecule has 0 spiro atoms. The van der Waals surface area contributed by atoms with Crippen LogP contribution in [0.1, 0.15) is 42.7 Å². The number of para-hydroxylation sites is 1. The maximum absolute atomic E-state index is 12.3. The van der Waals surface area contributed by atoms with E-state index in [0.29, 0.717) is 17.3 Å². The highest BCUT2D eigenvalue weighted by atomic mass is 16.1. The average Bonchev–Trinajstić information content (AvgIpc) is 2.88. The molecule has 3 N–H and O–H groups in total. The molecular formula is C15H20N4O. The van der Waals surface area contributed by atoms with Crippen molar-refractivity contribution in [3.63, 3.8) is 0 Å². The second kappa shape index (κ2) is 6.23. The van der Waals surface area contributed by atoms with Gasteiger partial charge in [-0.15, -0.1) is 0 Å². The largest absolute Gasteiger partial charge is 0.385 e. The molecule has 20 heavy (non-hydrogen) atoms. The normalized spacial score (nSPS) is 10.6. The van der Waals surface area contributed by atoms with E-state index in [0.717, 1.165) is 17.9 Å². The molecule has 0 radical (unpaired) electrons. The molecule has 2 aromatic rings. The Morgan fingerprint density at radius 1 is 1.35 bits per heavy atom. The Labute approximate surface area is 118 Å². The van der Waals surface area contributed by atoms with Gasteiger partial charge in [0, 0.05) is 24.0 Å². The Kier molecular flexibility index (Phi) is 4.40. The summed E-state index contributed by atoms with van der Waals surface area (Å²) in [5, 5.41) is 13.0. The monoisotopic (exact) mass is 272 g/mol. The average molecular weight is 272 g/mol. The molecule has 2 rings (SSSR count). The molecule has 0 aliphatic rings. The first-order chi connectivity index (χ1) is 9.61. The van der Waals surface area contributed by atoms with Gasteiger partial charge in [0.15, 0.2) is 5.82 Å². The minimum absolute atomic E-state index is 0.164. The fourth-order valence-electron chi connectivity index (χ4n) is 1.91. The number of hydrogen-bond donors (Lipinski definition) is 3. The third-order valence-electron chi connectivity index (χ3n) is 3.00. The van der Waals surface area contributed by atoms with Gasteiger partial charge in [0.25, 0.3) is 5.91 Å². The number of aromatic amines is 1. The van der Waals surface area contributed by atoms with Gasteiger partial charge in [0.2, 0.25) is 0 Å². The zero-order valence-corrected chi connectivity index (χ0v) is 12.0. The summed E-state index contributed by atoms with van der Waals surface area (Å²) >= 11 is 0. The van der Waals surface area contributed by atoms with Crippen LogP contribution >= 0.6 is 0 Å². The number of carbonyl (C=O) groups excluding carboxylic acids is 1. The Bertz CT molecular complexity index is 589. The number of aromatic nitrogens is 2. The van der Waals surface area contributed by atoms with Crippen LogP contribution in [0, 0.1) is 0 Å². The van der Waals surface area contributed by atoms with Crippen molar-refractivity contribution in [3.05, 3.63) is 41.6 Å². The van der Waals surface area contributed by atoms with Crippen molar-refractivity contribution >= 4 is 17.4 Å². The first kappa shape index (κ1) is 14.1. The molecule has 1 heterocycles. The van der Waals surface area contributed by atoms with Gasteiger partial charge in [-0.25, -0.2) is 0 Å². The molecule has 5 heteroatoms. The quantitative estimate of drug-likeness (QED) is 0.782. The third kappa shape index (κ3) is 3.17. The Hall–Kier alpha value is -2.30. The minimum Gasteiger partial charge on any atom is -0.385 e. The van der Waals surface area contributed by atoms with Crippen LogP contribution in [0.3, 0.4) is 0 Å². The maximum Gasteiger partial charge on any atom is 0.258 e. The van der Waals surface area contributed by atoms with Gasteiger partial charge in [0.05, 0.1) is 5.56 Å². The van der Waals surface area contributed by atoms with Crippen LogP contribution in [-0.4, -0.2) is 22.6 Å². The van der Waals surface area contributed by atoms with E-state index in [1.165, 1.54) is 0 Å². The van der Waals surface area contributed by atoms with Gasteiger partial charge in [0.1, 0.15) is 0 Å². The number of amides is 1. The maximum atomic E-state index is 12.3. The fourth-order valence-corrected chi connectivity index (χ4v) is 1.91. The number of anilines is 2. The molecule has 106 valence electrons. The predicted molar refractivity (Wildman–Crippen MR) is 81.2 cm³/mol. The summed E-state index contributed by atoms with van der Waals surface area (Å²) in [5.74, 6) is 0.732. The third-order valence-corrected chi connectivity index (χ3v) is 3.00. The van der Waals surface area contributed by atoms with E-state index < -0.39 is 0 Å². The Balaban J connectivity index is 2.15. The highest BCUT2D eigenvalue weighted by Crippen LogP contribution is 2.18. The molecule has 0 saturated heterocycles. The molecule has 1 amide bonds. The summed E-state index contributed by atoms with van der Waals surface area (Å²) in [7, 11) is 0. The number of H-pyrrole nitrogens is 1. The standard InChI is InChI=1S/C15H20N4O/c1-4-16-12-8-6-5-7-11(12)15(20)17-14-9-13(10(2)3)18-19-14/h5-10,16H,4H2,1-3H3,(H2,17,18,19,20). The van der Waals surface area contributed by atoms with Gasteiger partial charge in [-0.3, -0.25) is 9.89 Å². The lowest BCUT2D eigenvalue weighted by Gasteiger charge is -2.09. The van der Waals surface area contributed by atoms with E-state index in [2.05, 4.69) is 34.7 Å². The summed E-state index contributed by atoms with van der Waals surface area (Å²) in [6.07, 6.45) is 0. The summed E-state index contributed by atoms with van der Waals surface area (Å²) in [6, 6.07) is 9.30. The molecule has 0 unspecified atom stereocenters. The predicted octanol–water partition coefficient (Wildman–Crippen LogP) is 3.22. The van der Waals surface area contributed by atoms with Gasteiger partial charge < -0.3 is 10.6 Å². The van der Waals surface area contributed by atoms with Crippen LogP contribution < -0.4 is 10.6 Å². The van der Waals surface area contributed by atoms with Gasteiger partial charge in [-0.05, 0) is 25.0 Å². The fraction of sp³-hybridized carbons (Fsp3) is 0.333. The Morgan fingerprint density at radius 3 is 2.75 bits per heavy atom. The van der Waals surface area contributed by atoms with Crippen molar-refractivity contribution in [2.45, 2.75) is 26.7 Å². The molecule has 0 aliphatic carbocycles. The molecule has 1 aromatic carbocycles. The minimum atomic E-state index is -0.164. The molecule has 0 aliphatic heterocycles. The number of rotatable bonds is 5. The lowest BCUT2D eigenvalue weighted by molar-refractivity contribution is 0.102. The zero-order chi connectivity index (χ0) is 14.5. The van der Waals surface area contributed by atoms with Crippen molar-refractivity contribution in [2.24, 2.45) is 0 Å². The summed E-state index contributed by atoms with van der Waals surface area (Å²) in [5.41, 5.74) is 2.44. The lowest BCUT2D eigenvalue weighted by atomic mass is 10.1. The van der Waals surface area contributed by atoms with Crippen molar-refractivity contribution in [1.82, 2.24) is 10.2 Å². The number of benzene rings is 1. The number of nitrogens with one attached hydrogen (secondary N) is 3. The van der Waals surface area contributed by atoms with Crippen LogP contribution in [-0.2, 0) is 0 Å². The van der Waals surface area contributed by atoms with Crippen LogP contribution in [0.4, 0.5) is 11.5 Å². The molecule has 0 atom stereocenters. The second-order valence-electron chi connectivity index (χ2n) is 4.89. The van der Waals surface area contributed by atoms with E-state index in [4.69, 9.17) is 0 Å². The van der Waals surface area contributed by atoms with E-state index in [-0.39, 0.29) is 5.91 Å². The second-order valence-corrected chi connectivity index (χ2v) is 4.89. The molecule has 0 saturated carbocycles. The van der Waals surface area contributed by atoms with Crippen molar-refractivity contribution in [2.75, 3.05) is 17.2 Å². The highest BCUT2D eigenvalue weighted by molar-refractivity contribution is 6.07. The first-order valence-corrected chi connectivity index (χ1v) is 6.81. The summed E-state index contributed by atoms with van der Waals surface area (Å²) < 4.78 is 0. The van der Waals surface area contributed by atoms with Gasteiger partial charge in [-0.1, -0.05) is 26.0 Å². The van der Waals surface area contributed by atoms with Gasteiger partial charge in [-0.2, -0.15) is 5.10 Å². The van der Waals surface area contributed by atoms with Crippen LogP contribution in [0.25, 0.3) is 0 Å². The highest BCUT2D eigenvalue weighted by Gasteiger charge is 2.12. The molecule has 0 fully saturated rings. The van der Waals surface area contributed by atoms with E-state index in [9.17, 15) is 4.79 Å².